The number of hydrogen-bond donors (Lipinski definition) is 1. The first-order chi connectivity index (χ1) is 16.5. The molecule has 180 valence electrons. The summed E-state index contributed by atoms with van der Waals surface area (Å²) in [6.45, 7) is 10.7. The lowest BCUT2D eigenvalue weighted by Gasteiger charge is -2.29. The second-order valence-electron chi connectivity index (χ2n) is 9.12. The minimum atomic E-state index is -0.208. The lowest BCUT2D eigenvalue weighted by Crippen LogP contribution is -2.38. The first-order valence-corrected chi connectivity index (χ1v) is 12.1. The van der Waals surface area contributed by atoms with Crippen LogP contribution in [0.3, 0.4) is 0 Å². The van der Waals surface area contributed by atoms with Gasteiger partial charge in [0, 0.05) is 54.7 Å². The molecular formula is C27H34N4O3. The van der Waals surface area contributed by atoms with Crippen molar-refractivity contribution in [3.63, 3.8) is 0 Å². The number of morpholine rings is 1. The second kappa shape index (κ2) is 10.7. The molecule has 0 atom stereocenters. The highest BCUT2D eigenvalue weighted by Crippen LogP contribution is 2.24. The van der Waals surface area contributed by atoms with Crippen molar-refractivity contribution in [2.24, 2.45) is 5.92 Å². The maximum atomic E-state index is 13.4. The largest absolute Gasteiger partial charge is 0.378 e. The number of amides is 2. The Morgan fingerprint density at radius 1 is 1.06 bits per heavy atom. The molecule has 0 spiro atoms. The Kier molecular flexibility index (Phi) is 7.53. The van der Waals surface area contributed by atoms with Crippen LogP contribution in [0.2, 0.25) is 0 Å². The maximum Gasteiger partial charge on any atom is 0.256 e. The topological polar surface area (TPSA) is 66.8 Å². The Morgan fingerprint density at radius 2 is 1.76 bits per heavy atom. The Bertz CT molecular complexity index is 1130. The number of carbonyl (C=O) groups excluding carboxylic acids is 2. The Balaban J connectivity index is 1.44. The third-order valence-electron chi connectivity index (χ3n) is 6.11. The quantitative estimate of drug-likeness (QED) is 0.544. The summed E-state index contributed by atoms with van der Waals surface area (Å²) in [5.41, 5.74) is 3.52. The maximum absolute atomic E-state index is 13.4. The summed E-state index contributed by atoms with van der Waals surface area (Å²) in [5, 5.41) is 3.85. The van der Waals surface area contributed by atoms with E-state index in [0.717, 1.165) is 55.1 Å². The van der Waals surface area contributed by atoms with E-state index in [1.165, 1.54) is 0 Å². The molecule has 0 unspecified atom stereocenters. The Labute approximate surface area is 201 Å². The molecule has 1 aliphatic heterocycles. The highest BCUT2D eigenvalue weighted by atomic mass is 16.5. The molecule has 2 amide bonds. The molecule has 1 fully saturated rings. The molecule has 2 heterocycles. The zero-order valence-electron chi connectivity index (χ0n) is 20.3. The summed E-state index contributed by atoms with van der Waals surface area (Å²) in [6.07, 6.45) is 1.93. The molecule has 4 rings (SSSR count). The van der Waals surface area contributed by atoms with Crippen molar-refractivity contribution in [3.05, 3.63) is 60.3 Å². The highest BCUT2D eigenvalue weighted by molar-refractivity contribution is 6.08. The molecule has 1 aromatic heterocycles. The van der Waals surface area contributed by atoms with Crippen LogP contribution >= 0.6 is 0 Å². The van der Waals surface area contributed by atoms with Gasteiger partial charge >= 0.3 is 0 Å². The van der Waals surface area contributed by atoms with Crippen LogP contribution in [0.4, 0.5) is 11.4 Å². The number of para-hydroxylation sites is 1. The van der Waals surface area contributed by atoms with E-state index in [4.69, 9.17) is 4.74 Å². The van der Waals surface area contributed by atoms with Gasteiger partial charge in [0.1, 0.15) is 6.54 Å². The molecule has 0 bridgehead atoms. The van der Waals surface area contributed by atoms with Crippen LogP contribution in [-0.4, -0.2) is 60.7 Å². The number of rotatable bonds is 8. The van der Waals surface area contributed by atoms with Gasteiger partial charge in [0.15, 0.2) is 0 Å². The lowest BCUT2D eigenvalue weighted by molar-refractivity contribution is -0.116. The normalized spacial score (nSPS) is 13.9. The van der Waals surface area contributed by atoms with Crippen LogP contribution in [-0.2, 0) is 16.1 Å². The van der Waals surface area contributed by atoms with Gasteiger partial charge in [-0.25, -0.2) is 0 Å². The molecule has 1 saturated heterocycles. The molecule has 7 nitrogen and oxygen atoms in total. The molecule has 1 N–H and O–H groups in total. The molecule has 0 radical (unpaired) electrons. The monoisotopic (exact) mass is 462 g/mol. The van der Waals surface area contributed by atoms with Gasteiger partial charge in [-0.15, -0.1) is 0 Å². The summed E-state index contributed by atoms with van der Waals surface area (Å²) >= 11 is 0. The zero-order chi connectivity index (χ0) is 24.1. The molecule has 2 aromatic carbocycles. The lowest BCUT2D eigenvalue weighted by atomic mass is 10.1. The number of likely N-dealkylation sites (N-methyl/N-ethyl adjacent to an activating group) is 1. The molecule has 0 aliphatic carbocycles. The Morgan fingerprint density at radius 3 is 2.44 bits per heavy atom. The van der Waals surface area contributed by atoms with E-state index in [1.807, 2.05) is 61.7 Å². The standard InChI is InChI=1S/C27H34N4O3/c1-4-29(27(33)24-18-31(17-20(2)3)25-8-6-5-7-23(24)25)19-26(32)28-21-9-11-22(12-10-21)30-13-15-34-16-14-30/h5-12,18,20H,4,13-17,19H2,1-3H3,(H,28,32). The Hall–Kier alpha value is -3.32. The van der Waals surface area contributed by atoms with Crippen molar-refractivity contribution in [2.75, 3.05) is 49.6 Å². The van der Waals surface area contributed by atoms with Crippen molar-refractivity contribution in [2.45, 2.75) is 27.3 Å². The SMILES string of the molecule is CCN(CC(=O)Nc1ccc(N2CCOCC2)cc1)C(=O)c1cn(CC(C)C)c2ccccc12. The van der Waals surface area contributed by atoms with E-state index in [2.05, 4.69) is 28.6 Å². The van der Waals surface area contributed by atoms with Crippen LogP contribution in [0.5, 0.6) is 0 Å². The minimum absolute atomic E-state index is 0.00420. The van der Waals surface area contributed by atoms with Crippen LogP contribution in [0.1, 0.15) is 31.1 Å². The minimum Gasteiger partial charge on any atom is -0.378 e. The van der Waals surface area contributed by atoms with Crippen molar-refractivity contribution in [1.82, 2.24) is 9.47 Å². The van der Waals surface area contributed by atoms with Crippen LogP contribution in [0.25, 0.3) is 10.9 Å². The highest BCUT2D eigenvalue weighted by Gasteiger charge is 2.22. The number of fused-ring (bicyclic) bond motifs is 1. The number of benzene rings is 2. The van der Waals surface area contributed by atoms with Gasteiger partial charge in [-0.2, -0.15) is 0 Å². The van der Waals surface area contributed by atoms with Gasteiger partial charge in [0.2, 0.25) is 5.91 Å². The molecular weight excluding hydrogens is 428 g/mol. The van der Waals surface area contributed by atoms with Crippen LogP contribution < -0.4 is 10.2 Å². The van der Waals surface area contributed by atoms with Gasteiger partial charge in [0.25, 0.3) is 5.91 Å². The number of nitrogens with one attached hydrogen (secondary N) is 1. The fraction of sp³-hybridized carbons (Fsp3) is 0.407. The first-order valence-electron chi connectivity index (χ1n) is 12.1. The van der Waals surface area contributed by atoms with E-state index >= 15 is 0 Å². The van der Waals surface area contributed by atoms with Crippen LogP contribution in [0, 0.1) is 5.92 Å². The van der Waals surface area contributed by atoms with E-state index in [9.17, 15) is 9.59 Å². The second-order valence-corrected chi connectivity index (χ2v) is 9.12. The average Bonchev–Trinajstić information content (AvgIpc) is 3.21. The average molecular weight is 463 g/mol. The van der Waals surface area contributed by atoms with Crippen molar-refractivity contribution < 1.29 is 14.3 Å². The summed E-state index contributed by atoms with van der Waals surface area (Å²) in [4.78, 5) is 30.1. The number of carbonyl (C=O) groups is 2. The van der Waals surface area contributed by atoms with Gasteiger partial charge in [0.05, 0.1) is 18.8 Å². The molecule has 7 heteroatoms. The van der Waals surface area contributed by atoms with Gasteiger partial charge in [-0.05, 0) is 43.2 Å². The van der Waals surface area contributed by atoms with Crippen molar-refractivity contribution >= 4 is 34.1 Å². The third-order valence-corrected chi connectivity index (χ3v) is 6.11. The molecule has 34 heavy (non-hydrogen) atoms. The summed E-state index contributed by atoms with van der Waals surface area (Å²) in [7, 11) is 0. The fourth-order valence-electron chi connectivity index (χ4n) is 4.41. The third kappa shape index (κ3) is 5.42. The predicted molar refractivity (Wildman–Crippen MR) is 136 cm³/mol. The first kappa shape index (κ1) is 23.8. The number of ether oxygens (including phenoxy) is 1. The zero-order valence-corrected chi connectivity index (χ0v) is 20.3. The smallest absolute Gasteiger partial charge is 0.256 e. The molecule has 1 aliphatic rings. The summed E-state index contributed by atoms with van der Waals surface area (Å²) in [5.74, 6) is 0.126. The molecule has 3 aromatic rings. The molecule has 0 saturated carbocycles. The van der Waals surface area contributed by atoms with Crippen molar-refractivity contribution in [1.29, 1.82) is 0 Å². The number of anilines is 2. The number of aromatic nitrogens is 1. The van der Waals surface area contributed by atoms with Crippen LogP contribution in [0.15, 0.2) is 54.7 Å². The number of hydrogen-bond acceptors (Lipinski definition) is 4. The van der Waals surface area contributed by atoms with E-state index in [-0.39, 0.29) is 18.4 Å². The fourth-order valence-corrected chi connectivity index (χ4v) is 4.41. The summed E-state index contributed by atoms with van der Waals surface area (Å²) in [6, 6.07) is 15.8. The van der Waals surface area contributed by atoms with Crippen molar-refractivity contribution in [3.8, 4) is 0 Å². The summed E-state index contributed by atoms with van der Waals surface area (Å²) < 4.78 is 7.54. The van der Waals surface area contributed by atoms with Gasteiger partial charge in [-0.1, -0.05) is 32.0 Å². The predicted octanol–water partition coefficient (Wildman–Crippen LogP) is 4.23. The number of nitrogens with zero attached hydrogens (tertiary/aromatic N) is 3. The van der Waals surface area contributed by atoms with E-state index in [0.29, 0.717) is 18.0 Å². The van der Waals surface area contributed by atoms with E-state index < -0.39 is 0 Å². The van der Waals surface area contributed by atoms with Gasteiger partial charge < -0.3 is 24.4 Å². The van der Waals surface area contributed by atoms with Gasteiger partial charge in [-0.3, -0.25) is 9.59 Å². The van der Waals surface area contributed by atoms with E-state index in [1.54, 1.807) is 4.90 Å².